The lowest BCUT2D eigenvalue weighted by molar-refractivity contribution is -0.140. The third-order valence-electron chi connectivity index (χ3n) is 2.28. The van der Waals surface area contributed by atoms with E-state index in [9.17, 15) is 22.4 Å². The first kappa shape index (κ1) is 12.8. The molecule has 0 radical (unpaired) electrons. The molecular weight excluding hydrogens is 268 g/mol. The van der Waals surface area contributed by atoms with E-state index in [2.05, 4.69) is 0 Å². The summed E-state index contributed by atoms with van der Waals surface area (Å²) in [4.78, 5) is 12.1. The lowest BCUT2D eigenvalue weighted by Crippen LogP contribution is -2.10. The predicted molar refractivity (Wildman–Crippen MR) is 59.2 cm³/mol. The van der Waals surface area contributed by atoms with Gasteiger partial charge in [0.15, 0.2) is 0 Å². The van der Waals surface area contributed by atoms with Crippen molar-refractivity contribution >= 4 is 17.1 Å². The summed E-state index contributed by atoms with van der Waals surface area (Å²) in [5, 5.41) is 1.64. The SMILES string of the molecule is O=C(c1ccc(F)c(C(F)(F)F)c1)c1cccs1. The highest BCUT2D eigenvalue weighted by molar-refractivity contribution is 7.12. The highest BCUT2D eigenvalue weighted by atomic mass is 32.1. The van der Waals surface area contributed by atoms with Crippen molar-refractivity contribution in [1.29, 1.82) is 0 Å². The van der Waals surface area contributed by atoms with Gasteiger partial charge >= 0.3 is 6.18 Å². The average Bonchev–Trinajstić information content (AvgIpc) is 2.80. The van der Waals surface area contributed by atoms with Crippen molar-refractivity contribution in [1.82, 2.24) is 0 Å². The number of benzene rings is 1. The van der Waals surface area contributed by atoms with Gasteiger partial charge in [-0.15, -0.1) is 11.3 Å². The average molecular weight is 274 g/mol. The molecule has 1 heterocycles. The zero-order valence-electron chi connectivity index (χ0n) is 8.79. The summed E-state index contributed by atoms with van der Waals surface area (Å²) in [5.74, 6) is -1.93. The maximum atomic E-state index is 13.0. The van der Waals surface area contributed by atoms with Crippen molar-refractivity contribution in [3.63, 3.8) is 0 Å². The highest BCUT2D eigenvalue weighted by Crippen LogP contribution is 2.32. The Morgan fingerprint density at radius 3 is 2.44 bits per heavy atom. The third-order valence-corrected chi connectivity index (χ3v) is 3.15. The minimum Gasteiger partial charge on any atom is -0.288 e. The lowest BCUT2D eigenvalue weighted by atomic mass is 10.1. The number of halogens is 4. The van der Waals surface area contributed by atoms with Crippen LogP contribution in [0.1, 0.15) is 20.8 Å². The van der Waals surface area contributed by atoms with Crippen LogP contribution in [0.3, 0.4) is 0 Å². The summed E-state index contributed by atoms with van der Waals surface area (Å²) in [6, 6.07) is 5.36. The number of hydrogen-bond acceptors (Lipinski definition) is 2. The Morgan fingerprint density at radius 2 is 1.89 bits per heavy atom. The smallest absolute Gasteiger partial charge is 0.288 e. The molecule has 2 rings (SSSR count). The monoisotopic (exact) mass is 274 g/mol. The minimum absolute atomic E-state index is 0.175. The minimum atomic E-state index is -4.81. The van der Waals surface area contributed by atoms with Gasteiger partial charge in [-0.25, -0.2) is 4.39 Å². The highest BCUT2D eigenvalue weighted by Gasteiger charge is 2.34. The Kier molecular flexibility index (Phi) is 3.21. The van der Waals surface area contributed by atoms with Crippen molar-refractivity contribution in [3.05, 3.63) is 57.5 Å². The van der Waals surface area contributed by atoms with Crippen LogP contribution in [0, 0.1) is 5.82 Å². The van der Waals surface area contributed by atoms with Crippen LogP contribution in [0.4, 0.5) is 17.6 Å². The van der Waals surface area contributed by atoms with E-state index in [-0.39, 0.29) is 5.56 Å². The van der Waals surface area contributed by atoms with E-state index >= 15 is 0 Å². The first-order valence-corrected chi connectivity index (χ1v) is 5.72. The van der Waals surface area contributed by atoms with Gasteiger partial charge in [0.1, 0.15) is 5.82 Å². The summed E-state index contributed by atoms with van der Waals surface area (Å²) in [5.41, 5.74) is -1.60. The maximum absolute atomic E-state index is 13.0. The van der Waals surface area contributed by atoms with Crippen LogP contribution in [0.25, 0.3) is 0 Å². The molecule has 6 heteroatoms. The molecule has 0 fully saturated rings. The number of alkyl halides is 3. The molecule has 1 nitrogen and oxygen atoms in total. The van der Waals surface area contributed by atoms with Gasteiger partial charge in [0, 0.05) is 5.56 Å². The van der Waals surface area contributed by atoms with Crippen molar-refractivity contribution < 1.29 is 22.4 Å². The fourth-order valence-electron chi connectivity index (χ4n) is 1.43. The van der Waals surface area contributed by atoms with Gasteiger partial charge in [-0.05, 0) is 29.6 Å². The molecule has 94 valence electrons. The Balaban J connectivity index is 2.45. The quantitative estimate of drug-likeness (QED) is 0.594. The van der Waals surface area contributed by atoms with Crippen LogP contribution in [-0.4, -0.2) is 5.78 Å². The first-order valence-electron chi connectivity index (χ1n) is 4.84. The van der Waals surface area contributed by atoms with Gasteiger partial charge in [-0.2, -0.15) is 13.2 Å². The summed E-state index contributed by atoms with van der Waals surface area (Å²) in [6.45, 7) is 0. The fraction of sp³-hybridized carbons (Fsp3) is 0.0833. The fourth-order valence-corrected chi connectivity index (χ4v) is 2.12. The molecule has 0 aliphatic rings. The third kappa shape index (κ3) is 2.43. The Morgan fingerprint density at radius 1 is 1.17 bits per heavy atom. The number of carbonyl (C=O) groups excluding carboxylic acids is 1. The van der Waals surface area contributed by atoms with Crippen molar-refractivity contribution in [2.24, 2.45) is 0 Å². The summed E-state index contributed by atoms with van der Waals surface area (Å²) in [7, 11) is 0. The van der Waals surface area contributed by atoms with Gasteiger partial charge in [0.2, 0.25) is 5.78 Å². The molecule has 0 spiro atoms. The van der Waals surface area contributed by atoms with Gasteiger partial charge in [0.25, 0.3) is 0 Å². The van der Waals surface area contributed by atoms with Crippen LogP contribution < -0.4 is 0 Å². The number of carbonyl (C=O) groups is 1. The molecule has 2 aromatic rings. The Bertz CT molecular complexity index is 572. The van der Waals surface area contributed by atoms with E-state index in [1.807, 2.05) is 0 Å². The van der Waals surface area contributed by atoms with E-state index in [0.717, 1.165) is 17.4 Å². The van der Waals surface area contributed by atoms with Crippen LogP contribution in [-0.2, 0) is 6.18 Å². The zero-order valence-corrected chi connectivity index (χ0v) is 9.61. The number of thiophene rings is 1. The van der Waals surface area contributed by atoms with E-state index in [0.29, 0.717) is 17.0 Å². The topological polar surface area (TPSA) is 17.1 Å². The molecule has 0 aliphatic carbocycles. The largest absolute Gasteiger partial charge is 0.419 e. The zero-order chi connectivity index (χ0) is 13.3. The summed E-state index contributed by atoms with van der Waals surface area (Å²) in [6.07, 6.45) is -4.81. The van der Waals surface area contributed by atoms with Crippen LogP contribution >= 0.6 is 11.3 Å². The predicted octanol–water partition coefficient (Wildman–Crippen LogP) is 4.14. The number of ketones is 1. The number of hydrogen-bond donors (Lipinski definition) is 0. The summed E-state index contributed by atoms with van der Waals surface area (Å²) >= 11 is 1.12. The van der Waals surface area contributed by atoms with Gasteiger partial charge < -0.3 is 0 Å². The second-order valence-corrected chi connectivity index (χ2v) is 4.45. The maximum Gasteiger partial charge on any atom is 0.419 e. The molecule has 0 unspecified atom stereocenters. The molecule has 0 saturated heterocycles. The Hall–Kier alpha value is -1.69. The van der Waals surface area contributed by atoms with E-state index < -0.39 is 23.3 Å². The molecular formula is C12H6F4OS. The van der Waals surface area contributed by atoms with Crippen LogP contribution in [0.2, 0.25) is 0 Å². The second-order valence-electron chi connectivity index (χ2n) is 3.50. The molecule has 0 amide bonds. The molecule has 1 aromatic carbocycles. The first-order chi connectivity index (χ1) is 8.39. The molecule has 0 saturated carbocycles. The van der Waals surface area contributed by atoms with E-state index in [4.69, 9.17) is 0 Å². The van der Waals surface area contributed by atoms with Gasteiger partial charge in [-0.3, -0.25) is 4.79 Å². The van der Waals surface area contributed by atoms with E-state index in [1.165, 1.54) is 6.07 Å². The van der Waals surface area contributed by atoms with Gasteiger partial charge in [0.05, 0.1) is 10.4 Å². The molecule has 0 atom stereocenters. The lowest BCUT2D eigenvalue weighted by Gasteiger charge is -2.09. The molecule has 0 aliphatic heterocycles. The van der Waals surface area contributed by atoms with Gasteiger partial charge in [-0.1, -0.05) is 6.07 Å². The van der Waals surface area contributed by atoms with Crippen LogP contribution in [0.5, 0.6) is 0 Å². The number of rotatable bonds is 2. The normalized spacial score (nSPS) is 11.6. The molecule has 18 heavy (non-hydrogen) atoms. The van der Waals surface area contributed by atoms with E-state index in [1.54, 1.807) is 11.4 Å². The molecule has 0 bridgehead atoms. The van der Waals surface area contributed by atoms with Crippen molar-refractivity contribution in [2.75, 3.05) is 0 Å². The summed E-state index contributed by atoms with van der Waals surface area (Å²) < 4.78 is 50.5. The second kappa shape index (κ2) is 4.53. The standard InChI is InChI=1S/C12H6F4OS/c13-9-4-3-7(6-8(9)12(14,15)16)11(17)10-2-1-5-18-10/h1-6H. The molecule has 0 N–H and O–H groups in total. The Labute approximate surface area is 104 Å². The van der Waals surface area contributed by atoms with Crippen LogP contribution in [0.15, 0.2) is 35.7 Å². The van der Waals surface area contributed by atoms with Crippen molar-refractivity contribution in [2.45, 2.75) is 6.18 Å². The molecule has 1 aromatic heterocycles. The van der Waals surface area contributed by atoms with Crippen molar-refractivity contribution in [3.8, 4) is 0 Å².